The van der Waals surface area contributed by atoms with Gasteiger partial charge in [-0.05, 0) is 16.0 Å². The number of amides is 1. The monoisotopic (exact) mass is 379 g/mol. The number of fused-ring (bicyclic) bond motifs is 1. The summed E-state index contributed by atoms with van der Waals surface area (Å²) in [6.07, 6.45) is 0. The Morgan fingerprint density at radius 3 is 2.78 bits per heavy atom. The zero-order valence-electron chi connectivity index (χ0n) is 11.6. The Balaban J connectivity index is 1.96. The van der Waals surface area contributed by atoms with Crippen molar-refractivity contribution >= 4 is 45.1 Å². The Morgan fingerprint density at radius 2 is 2.22 bits per heavy atom. The molecular formula is C10H10ClN5O5S2. The minimum absolute atomic E-state index is 0.0263. The third kappa shape index (κ3) is 2.50. The van der Waals surface area contributed by atoms with E-state index in [1.54, 1.807) is 7.05 Å². The number of rotatable bonds is 4. The van der Waals surface area contributed by atoms with Crippen LogP contribution in [0.25, 0.3) is 0 Å². The average molecular weight is 380 g/mol. The zero-order valence-corrected chi connectivity index (χ0v) is 14.0. The number of aromatic nitrogens is 4. The highest BCUT2D eigenvalue weighted by Crippen LogP contribution is 2.40. The lowest BCUT2D eigenvalue weighted by atomic mass is 10.1. The van der Waals surface area contributed by atoms with Gasteiger partial charge in [0.15, 0.2) is 15.2 Å². The van der Waals surface area contributed by atoms with Gasteiger partial charge in [-0.1, -0.05) is 11.8 Å². The number of hydrogen-bond acceptors (Lipinski definition) is 8. The van der Waals surface area contributed by atoms with E-state index in [1.807, 2.05) is 0 Å². The molecule has 13 heteroatoms. The highest BCUT2D eigenvalue weighted by atomic mass is 35.5. The number of alkyl halides is 1. The molecule has 0 aromatic carbocycles. The van der Waals surface area contributed by atoms with Gasteiger partial charge in [0.2, 0.25) is 11.1 Å². The molecule has 0 bridgehead atoms. The van der Waals surface area contributed by atoms with Crippen molar-refractivity contribution in [1.82, 2.24) is 25.1 Å². The molecule has 0 radical (unpaired) electrons. The van der Waals surface area contributed by atoms with Crippen LogP contribution in [0.2, 0.25) is 0 Å². The standard InChI is InChI=1S/C10H10ClN5O5S2/c1-15-10(12-13-14-15)22-2-4-3-23(20,21)8-5(11)7(17)16(8)6(4)9(18)19/h5,8H,2-3H2,1H3,(H,18,19)/t5-,8+/m0/s1. The minimum Gasteiger partial charge on any atom is -0.477 e. The largest absolute Gasteiger partial charge is 0.477 e. The van der Waals surface area contributed by atoms with Crippen molar-refractivity contribution in [3.05, 3.63) is 11.3 Å². The molecule has 0 unspecified atom stereocenters. The van der Waals surface area contributed by atoms with Gasteiger partial charge >= 0.3 is 5.97 Å². The van der Waals surface area contributed by atoms with E-state index in [0.29, 0.717) is 5.16 Å². The molecule has 1 aromatic heterocycles. The van der Waals surface area contributed by atoms with Crippen LogP contribution in [0.4, 0.5) is 0 Å². The molecule has 2 aliphatic heterocycles. The molecule has 124 valence electrons. The maximum absolute atomic E-state index is 12.2. The summed E-state index contributed by atoms with van der Waals surface area (Å²) >= 11 is 6.82. The second-order valence-electron chi connectivity index (χ2n) is 4.94. The molecule has 1 N–H and O–H groups in total. The topological polar surface area (TPSA) is 135 Å². The molecule has 2 atom stereocenters. The summed E-state index contributed by atoms with van der Waals surface area (Å²) in [7, 11) is -2.15. The predicted octanol–water partition coefficient (Wildman–Crippen LogP) is -1.15. The van der Waals surface area contributed by atoms with Crippen LogP contribution in [-0.2, 0) is 26.5 Å². The number of thioether (sulfide) groups is 1. The van der Waals surface area contributed by atoms with Gasteiger partial charge < -0.3 is 5.11 Å². The number of aryl methyl sites for hydroxylation is 1. The number of halogens is 1. The van der Waals surface area contributed by atoms with Crippen molar-refractivity contribution in [2.45, 2.75) is 15.9 Å². The van der Waals surface area contributed by atoms with Crippen LogP contribution in [0, 0.1) is 0 Å². The number of sulfone groups is 1. The molecular weight excluding hydrogens is 370 g/mol. The number of carboxylic acids is 1. The van der Waals surface area contributed by atoms with E-state index >= 15 is 0 Å². The van der Waals surface area contributed by atoms with Crippen molar-refractivity contribution in [3.63, 3.8) is 0 Å². The van der Waals surface area contributed by atoms with E-state index in [0.717, 1.165) is 16.7 Å². The normalized spacial score (nSPS) is 26.0. The fourth-order valence-corrected chi connectivity index (χ4v) is 6.02. The lowest BCUT2D eigenvalue weighted by Crippen LogP contribution is -2.68. The van der Waals surface area contributed by atoms with Crippen molar-refractivity contribution in [2.24, 2.45) is 7.05 Å². The van der Waals surface area contributed by atoms with Gasteiger partial charge in [0, 0.05) is 12.8 Å². The van der Waals surface area contributed by atoms with Crippen molar-refractivity contribution in [2.75, 3.05) is 11.5 Å². The molecule has 0 aliphatic carbocycles. The third-order valence-corrected chi connectivity index (χ3v) is 7.10. The van der Waals surface area contributed by atoms with Gasteiger partial charge in [-0.25, -0.2) is 17.9 Å². The minimum atomic E-state index is -3.74. The fraction of sp³-hybridized carbons (Fsp3) is 0.500. The van der Waals surface area contributed by atoms with Gasteiger partial charge in [-0.3, -0.25) is 9.69 Å². The summed E-state index contributed by atoms with van der Waals surface area (Å²) in [6, 6.07) is 0. The first kappa shape index (κ1) is 16.2. The molecule has 2 aliphatic rings. The first-order chi connectivity index (χ1) is 10.7. The number of carbonyl (C=O) groups is 2. The van der Waals surface area contributed by atoms with E-state index in [1.165, 1.54) is 4.68 Å². The van der Waals surface area contributed by atoms with Gasteiger partial charge in [-0.2, -0.15) is 0 Å². The number of nitrogens with zero attached hydrogens (tertiary/aromatic N) is 5. The molecule has 10 nitrogen and oxygen atoms in total. The SMILES string of the molecule is Cn1nnnc1SCC1=C(C(=O)O)N2C(=O)[C@H](Cl)[C@H]2S(=O)(=O)C1. The van der Waals surface area contributed by atoms with Gasteiger partial charge in [-0.15, -0.1) is 16.7 Å². The summed E-state index contributed by atoms with van der Waals surface area (Å²) in [5.74, 6) is -2.53. The van der Waals surface area contributed by atoms with Crippen LogP contribution in [0.15, 0.2) is 16.4 Å². The lowest BCUT2D eigenvalue weighted by molar-refractivity contribution is -0.145. The van der Waals surface area contributed by atoms with E-state index in [-0.39, 0.29) is 17.0 Å². The summed E-state index contributed by atoms with van der Waals surface area (Å²) in [5, 5.41) is 18.0. The first-order valence-corrected chi connectivity index (χ1v) is 9.37. The van der Waals surface area contributed by atoms with E-state index in [2.05, 4.69) is 15.5 Å². The maximum Gasteiger partial charge on any atom is 0.352 e. The molecule has 0 saturated carbocycles. The molecule has 1 aromatic rings. The zero-order chi connectivity index (χ0) is 16.9. The van der Waals surface area contributed by atoms with Crippen LogP contribution in [0.3, 0.4) is 0 Å². The highest BCUT2D eigenvalue weighted by molar-refractivity contribution is 7.99. The number of β-lactam (4-membered cyclic amide) rings is 1. The van der Waals surface area contributed by atoms with E-state index in [9.17, 15) is 23.1 Å². The number of carboxylic acid groups (broad SMARTS) is 1. The number of hydrogen-bond donors (Lipinski definition) is 1. The quantitative estimate of drug-likeness (QED) is 0.390. The van der Waals surface area contributed by atoms with Crippen molar-refractivity contribution in [3.8, 4) is 0 Å². The Kier molecular flexibility index (Phi) is 3.84. The van der Waals surface area contributed by atoms with Gasteiger partial charge in [0.25, 0.3) is 0 Å². The lowest BCUT2D eigenvalue weighted by Gasteiger charge is -2.46. The van der Waals surface area contributed by atoms with Crippen LogP contribution >= 0.6 is 23.4 Å². The van der Waals surface area contributed by atoms with Crippen LogP contribution < -0.4 is 0 Å². The van der Waals surface area contributed by atoms with Gasteiger partial charge in [0.05, 0.1) is 5.75 Å². The average Bonchev–Trinajstić information content (AvgIpc) is 2.87. The van der Waals surface area contributed by atoms with E-state index < -0.39 is 38.2 Å². The van der Waals surface area contributed by atoms with Gasteiger partial charge in [0.1, 0.15) is 11.1 Å². The molecule has 23 heavy (non-hydrogen) atoms. The molecule has 1 fully saturated rings. The number of aliphatic carboxylic acids is 1. The Labute approximate surface area is 139 Å². The molecule has 1 saturated heterocycles. The van der Waals surface area contributed by atoms with Crippen molar-refractivity contribution < 1.29 is 23.1 Å². The maximum atomic E-state index is 12.2. The summed E-state index contributed by atoms with van der Waals surface area (Å²) in [5.41, 5.74) is -0.215. The predicted molar refractivity (Wildman–Crippen MR) is 78.2 cm³/mol. The summed E-state index contributed by atoms with van der Waals surface area (Å²) in [6.45, 7) is 0. The molecule has 1 amide bonds. The Morgan fingerprint density at radius 1 is 1.52 bits per heavy atom. The van der Waals surface area contributed by atoms with Crippen LogP contribution in [-0.4, -0.2) is 72.8 Å². The number of tetrazole rings is 1. The smallest absolute Gasteiger partial charge is 0.352 e. The molecule has 3 heterocycles. The van der Waals surface area contributed by atoms with Crippen LogP contribution in [0.5, 0.6) is 0 Å². The second-order valence-corrected chi connectivity index (χ2v) is 8.45. The molecule has 3 rings (SSSR count). The second kappa shape index (κ2) is 5.46. The summed E-state index contributed by atoms with van der Waals surface area (Å²) < 4.78 is 25.9. The van der Waals surface area contributed by atoms with E-state index in [4.69, 9.17) is 11.6 Å². The third-order valence-electron chi connectivity index (χ3n) is 3.46. The van der Waals surface area contributed by atoms with Crippen molar-refractivity contribution in [1.29, 1.82) is 0 Å². The Hall–Kier alpha value is -1.66. The Bertz CT molecular complexity index is 834. The molecule has 0 spiro atoms. The fourth-order valence-electron chi connectivity index (χ4n) is 2.44. The highest BCUT2D eigenvalue weighted by Gasteiger charge is 2.59. The first-order valence-electron chi connectivity index (χ1n) is 6.23. The number of carbonyl (C=O) groups excluding carboxylic acids is 1. The summed E-state index contributed by atoms with van der Waals surface area (Å²) in [4.78, 5) is 24.1. The van der Waals surface area contributed by atoms with Crippen LogP contribution in [0.1, 0.15) is 0 Å².